The second-order valence-corrected chi connectivity index (χ2v) is 2.79. The van der Waals surface area contributed by atoms with Crippen LogP contribution in [-0.4, -0.2) is 16.5 Å². The van der Waals surface area contributed by atoms with E-state index in [1.54, 1.807) is 0 Å². The molecule has 0 saturated heterocycles. The van der Waals surface area contributed by atoms with Gasteiger partial charge in [-0.1, -0.05) is 6.92 Å². The maximum atomic E-state index is 10.6. The summed E-state index contributed by atoms with van der Waals surface area (Å²) in [6, 6.07) is 0. The molecule has 1 rings (SSSR count). The predicted octanol–water partition coefficient (Wildman–Crippen LogP) is 0.736. The van der Waals surface area contributed by atoms with E-state index in [4.69, 9.17) is 0 Å². The number of carbonyl (C=O) groups excluding carboxylic acids is 1. The fourth-order valence-corrected chi connectivity index (χ4v) is 1.23. The Morgan fingerprint density at radius 3 is 2.56 bits per heavy atom. The van der Waals surface area contributed by atoms with E-state index in [2.05, 4.69) is 0 Å². The number of aliphatic hydroxyl groups is 1. The second kappa shape index (κ2) is 1.81. The smallest absolute Gasteiger partial charge is 0.161 e. The highest BCUT2D eigenvalue weighted by atomic mass is 16.3. The van der Waals surface area contributed by atoms with Gasteiger partial charge in [0.2, 0.25) is 0 Å². The van der Waals surface area contributed by atoms with Crippen molar-refractivity contribution in [2.45, 2.75) is 32.3 Å². The maximum absolute atomic E-state index is 10.6. The summed E-state index contributed by atoms with van der Waals surface area (Å²) in [5.74, 6) is 0.171. The van der Waals surface area contributed by atoms with E-state index in [9.17, 15) is 9.90 Å². The molecule has 0 heterocycles. The molecule has 0 spiro atoms. The van der Waals surface area contributed by atoms with Gasteiger partial charge in [0.25, 0.3) is 0 Å². The highest BCUT2D eigenvalue weighted by molar-refractivity contribution is 5.88. The van der Waals surface area contributed by atoms with Crippen molar-refractivity contribution in [2.24, 2.45) is 5.92 Å². The van der Waals surface area contributed by atoms with Crippen molar-refractivity contribution in [3.63, 3.8) is 0 Å². The van der Waals surface area contributed by atoms with Crippen molar-refractivity contribution in [1.29, 1.82) is 0 Å². The van der Waals surface area contributed by atoms with Crippen LogP contribution in [0.4, 0.5) is 0 Å². The molecule has 52 valence electrons. The zero-order chi connectivity index (χ0) is 7.07. The summed E-state index contributed by atoms with van der Waals surface area (Å²) >= 11 is 0. The fourth-order valence-electron chi connectivity index (χ4n) is 1.23. The van der Waals surface area contributed by atoms with Gasteiger partial charge in [0.05, 0.1) is 0 Å². The summed E-state index contributed by atoms with van der Waals surface area (Å²) < 4.78 is 0. The van der Waals surface area contributed by atoms with Gasteiger partial charge in [-0.25, -0.2) is 0 Å². The summed E-state index contributed by atoms with van der Waals surface area (Å²) in [6.45, 7) is 3.45. The molecule has 0 amide bonds. The highest BCUT2D eigenvalue weighted by Gasteiger charge is 2.55. The molecule has 1 saturated carbocycles. The van der Waals surface area contributed by atoms with E-state index in [1.165, 1.54) is 6.92 Å². The van der Waals surface area contributed by atoms with Crippen LogP contribution in [0.3, 0.4) is 0 Å². The number of Topliss-reactive ketones (excluding diaryl/α,β-unsaturated/α-hetero) is 1. The zero-order valence-corrected chi connectivity index (χ0v) is 5.85. The monoisotopic (exact) mass is 128 g/mol. The molecule has 1 N–H and O–H groups in total. The van der Waals surface area contributed by atoms with E-state index in [0.29, 0.717) is 6.42 Å². The second-order valence-electron chi connectivity index (χ2n) is 2.79. The topological polar surface area (TPSA) is 37.3 Å². The van der Waals surface area contributed by atoms with Crippen molar-refractivity contribution >= 4 is 5.78 Å². The Morgan fingerprint density at radius 2 is 2.44 bits per heavy atom. The third-order valence-corrected chi connectivity index (χ3v) is 2.18. The molecule has 0 radical (unpaired) electrons. The van der Waals surface area contributed by atoms with Crippen molar-refractivity contribution in [3.05, 3.63) is 0 Å². The average Bonchev–Trinajstić information content (AvgIpc) is 2.44. The van der Waals surface area contributed by atoms with Crippen LogP contribution in [0.15, 0.2) is 0 Å². The van der Waals surface area contributed by atoms with Gasteiger partial charge in [-0.2, -0.15) is 0 Å². The molecule has 9 heavy (non-hydrogen) atoms. The molecule has 2 heteroatoms. The van der Waals surface area contributed by atoms with Gasteiger partial charge in [-0.15, -0.1) is 0 Å². The standard InChI is InChI=1S/C7H12O2/c1-3-6-4-7(6,9)5(2)8/h6,9H,3-4H2,1-2H3. The lowest BCUT2D eigenvalue weighted by atomic mass is 10.1. The third kappa shape index (κ3) is 0.874. The quantitative estimate of drug-likeness (QED) is 0.595. The SMILES string of the molecule is CCC1CC1(O)C(C)=O. The Balaban J connectivity index is 2.52. The Bertz CT molecular complexity index is 142. The zero-order valence-electron chi connectivity index (χ0n) is 5.85. The predicted molar refractivity (Wildman–Crippen MR) is 34.0 cm³/mol. The van der Waals surface area contributed by atoms with Gasteiger partial charge >= 0.3 is 0 Å². The summed E-state index contributed by atoms with van der Waals surface area (Å²) in [5, 5.41) is 9.32. The van der Waals surface area contributed by atoms with Crippen molar-refractivity contribution < 1.29 is 9.90 Å². The van der Waals surface area contributed by atoms with Crippen molar-refractivity contribution in [2.75, 3.05) is 0 Å². The van der Waals surface area contributed by atoms with Crippen LogP contribution >= 0.6 is 0 Å². The normalized spacial score (nSPS) is 40.6. The lowest BCUT2D eigenvalue weighted by Gasteiger charge is -2.01. The summed E-state index contributed by atoms with van der Waals surface area (Å²) in [7, 11) is 0. The molecule has 0 aromatic heterocycles. The highest BCUT2D eigenvalue weighted by Crippen LogP contribution is 2.45. The lowest BCUT2D eigenvalue weighted by molar-refractivity contribution is -0.127. The van der Waals surface area contributed by atoms with Crippen LogP contribution in [0.25, 0.3) is 0 Å². The average molecular weight is 128 g/mol. The van der Waals surface area contributed by atoms with Crippen molar-refractivity contribution in [1.82, 2.24) is 0 Å². The lowest BCUT2D eigenvalue weighted by Crippen LogP contribution is -2.21. The molecular weight excluding hydrogens is 116 g/mol. The van der Waals surface area contributed by atoms with E-state index in [1.807, 2.05) is 6.92 Å². The van der Waals surface area contributed by atoms with Gasteiger partial charge in [0.1, 0.15) is 5.60 Å². The first-order chi connectivity index (χ1) is 4.11. The van der Waals surface area contributed by atoms with Crippen LogP contribution in [0.2, 0.25) is 0 Å². The number of rotatable bonds is 2. The molecule has 0 bridgehead atoms. The molecule has 1 aliphatic rings. The van der Waals surface area contributed by atoms with E-state index < -0.39 is 5.60 Å². The first kappa shape index (κ1) is 6.75. The van der Waals surface area contributed by atoms with E-state index >= 15 is 0 Å². The number of hydrogen-bond acceptors (Lipinski definition) is 2. The Labute approximate surface area is 54.9 Å². The van der Waals surface area contributed by atoms with E-state index in [0.717, 1.165) is 6.42 Å². The third-order valence-electron chi connectivity index (χ3n) is 2.18. The summed E-state index contributed by atoms with van der Waals surface area (Å²) in [5.41, 5.74) is -0.922. The van der Waals surface area contributed by atoms with Gasteiger partial charge in [-0.05, 0) is 25.7 Å². The Kier molecular flexibility index (Phi) is 1.35. The van der Waals surface area contributed by atoms with Gasteiger partial charge in [0, 0.05) is 0 Å². The minimum Gasteiger partial charge on any atom is -0.382 e. The number of ketones is 1. The molecule has 2 unspecified atom stereocenters. The minimum absolute atomic E-state index is 0.0747. The summed E-state index contributed by atoms with van der Waals surface area (Å²) in [4.78, 5) is 10.6. The molecular formula is C7H12O2. The molecule has 2 atom stereocenters. The van der Waals surface area contributed by atoms with Crippen LogP contribution in [-0.2, 0) is 4.79 Å². The minimum atomic E-state index is -0.922. The number of hydrogen-bond donors (Lipinski definition) is 1. The molecule has 1 aliphatic carbocycles. The largest absolute Gasteiger partial charge is 0.382 e. The van der Waals surface area contributed by atoms with Crippen LogP contribution < -0.4 is 0 Å². The van der Waals surface area contributed by atoms with E-state index in [-0.39, 0.29) is 11.7 Å². The maximum Gasteiger partial charge on any atom is 0.161 e. The van der Waals surface area contributed by atoms with Crippen LogP contribution in [0, 0.1) is 5.92 Å². The fraction of sp³-hybridized carbons (Fsp3) is 0.857. The van der Waals surface area contributed by atoms with Gasteiger partial charge in [0.15, 0.2) is 5.78 Å². The van der Waals surface area contributed by atoms with Crippen LogP contribution in [0.5, 0.6) is 0 Å². The van der Waals surface area contributed by atoms with Crippen molar-refractivity contribution in [3.8, 4) is 0 Å². The molecule has 0 aliphatic heterocycles. The first-order valence-electron chi connectivity index (χ1n) is 3.34. The van der Waals surface area contributed by atoms with Gasteiger partial charge in [-0.3, -0.25) is 4.79 Å². The Hall–Kier alpha value is -0.370. The first-order valence-corrected chi connectivity index (χ1v) is 3.34. The van der Waals surface area contributed by atoms with Gasteiger partial charge < -0.3 is 5.11 Å². The molecule has 2 nitrogen and oxygen atoms in total. The number of carbonyl (C=O) groups is 1. The summed E-state index contributed by atoms with van der Waals surface area (Å²) in [6.07, 6.45) is 1.59. The molecule has 0 aromatic rings. The van der Waals surface area contributed by atoms with Crippen LogP contribution in [0.1, 0.15) is 26.7 Å². The Morgan fingerprint density at radius 1 is 1.89 bits per heavy atom. The molecule has 1 fully saturated rings. The molecule has 0 aromatic carbocycles.